The molecule has 0 amide bonds. The van der Waals surface area contributed by atoms with Crippen LogP contribution in [0.25, 0.3) is 22.6 Å². The lowest BCUT2D eigenvalue weighted by atomic mass is 10.3. The second kappa shape index (κ2) is 6.80. The first kappa shape index (κ1) is 18.8. The Hall–Kier alpha value is -3.55. The van der Waals surface area contributed by atoms with Gasteiger partial charge in [0.25, 0.3) is 5.56 Å². The number of aromatic nitrogens is 5. The van der Waals surface area contributed by atoms with Gasteiger partial charge in [0.2, 0.25) is 5.78 Å². The van der Waals surface area contributed by atoms with Crippen LogP contribution < -0.4 is 16.0 Å². The quantitative estimate of drug-likeness (QED) is 0.488. The highest BCUT2D eigenvalue weighted by Gasteiger charge is 2.22. The number of imidazole rings is 2. The largest absolute Gasteiger partial charge is 0.494 e. The molecule has 0 spiro atoms. The van der Waals surface area contributed by atoms with E-state index in [0.29, 0.717) is 23.5 Å². The summed E-state index contributed by atoms with van der Waals surface area (Å²) >= 11 is 0. The molecule has 0 saturated carbocycles. The van der Waals surface area contributed by atoms with E-state index in [1.807, 2.05) is 54.0 Å². The van der Waals surface area contributed by atoms with Gasteiger partial charge in [-0.3, -0.25) is 22.9 Å². The van der Waals surface area contributed by atoms with Crippen molar-refractivity contribution in [3.05, 3.63) is 69.1 Å². The summed E-state index contributed by atoms with van der Waals surface area (Å²) in [6.45, 7) is 10.3. The molecule has 8 nitrogen and oxygen atoms in total. The number of benzene rings is 1. The Bertz CT molecular complexity index is 1370. The summed E-state index contributed by atoms with van der Waals surface area (Å²) in [6.07, 6.45) is 1.54. The van der Waals surface area contributed by atoms with Crippen LogP contribution in [0.15, 0.2) is 46.5 Å². The Morgan fingerprint density at radius 1 is 1.14 bits per heavy atom. The normalized spacial score (nSPS) is 11.4. The number of hydrogen-bond acceptors (Lipinski definition) is 4. The van der Waals surface area contributed by atoms with Gasteiger partial charge in [0.15, 0.2) is 11.2 Å². The average Bonchev–Trinajstić information content (AvgIpc) is 3.21. The van der Waals surface area contributed by atoms with Crippen LogP contribution in [0, 0.1) is 13.8 Å². The number of fused-ring (bicyclic) bond motifs is 3. The minimum atomic E-state index is -0.412. The molecular formula is C21H23N5O3. The summed E-state index contributed by atoms with van der Waals surface area (Å²) in [6, 6.07) is 7.71. The number of allylic oxidation sites excluding steroid dienone is 1. The van der Waals surface area contributed by atoms with Gasteiger partial charge in [0.1, 0.15) is 5.75 Å². The fourth-order valence-electron chi connectivity index (χ4n) is 3.71. The summed E-state index contributed by atoms with van der Waals surface area (Å²) in [5, 5.41) is 0. The molecule has 0 radical (unpaired) electrons. The first-order valence-electron chi connectivity index (χ1n) is 9.44. The lowest BCUT2D eigenvalue weighted by Gasteiger charge is -2.08. The summed E-state index contributed by atoms with van der Waals surface area (Å²) in [5.41, 5.74) is 2.70. The molecule has 0 aliphatic carbocycles. The van der Waals surface area contributed by atoms with Crippen LogP contribution in [0.4, 0.5) is 0 Å². The lowest BCUT2D eigenvalue weighted by molar-refractivity contribution is 0.340. The molecule has 0 N–H and O–H groups in total. The van der Waals surface area contributed by atoms with Gasteiger partial charge in [-0.1, -0.05) is 6.08 Å². The summed E-state index contributed by atoms with van der Waals surface area (Å²) in [4.78, 5) is 30.4. The van der Waals surface area contributed by atoms with Crippen LogP contribution in [0.5, 0.6) is 5.75 Å². The minimum absolute atomic E-state index is 0.145. The lowest BCUT2D eigenvalue weighted by Crippen LogP contribution is -2.39. The van der Waals surface area contributed by atoms with Crippen molar-refractivity contribution in [1.29, 1.82) is 0 Å². The fourth-order valence-corrected chi connectivity index (χ4v) is 3.71. The van der Waals surface area contributed by atoms with Crippen molar-refractivity contribution in [2.75, 3.05) is 6.61 Å². The Kier molecular flexibility index (Phi) is 4.41. The molecule has 0 aliphatic heterocycles. The molecule has 8 heteroatoms. The molecule has 29 heavy (non-hydrogen) atoms. The van der Waals surface area contributed by atoms with E-state index in [-0.39, 0.29) is 12.1 Å². The Morgan fingerprint density at radius 2 is 1.83 bits per heavy atom. The van der Waals surface area contributed by atoms with E-state index in [4.69, 9.17) is 4.74 Å². The second-order valence-electron chi connectivity index (χ2n) is 6.90. The number of ether oxygens (including phenoxy) is 1. The molecule has 0 bridgehead atoms. The van der Waals surface area contributed by atoms with Crippen molar-refractivity contribution in [2.45, 2.75) is 27.3 Å². The molecule has 4 rings (SSSR count). The van der Waals surface area contributed by atoms with E-state index in [0.717, 1.165) is 22.8 Å². The minimum Gasteiger partial charge on any atom is -0.494 e. The fraction of sp³-hybridized carbons (Fsp3) is 0.286. The third-order valence-electron chi connectivity index (χ3n) is 5.24. The van der Waals surface area contributed by atoms with Crippen LogP contribution in [-0.2, 0) is 13.6 Å². The van der Waals surface area contributed by atoms with Gasteiger partial charge in [0.05, 0.1) is 6.61 Å². The Labute approximate surface area is 166 Å². The summed E-state index contributed by atoms with van der Waals surface area (Å²) in [7, 11) is 1.62. The zero-order valence-electron chi connectivity index (χ0n) is 17.0. The molecule has 0 fully saturated rings. The highest BCUT2D eigenvalue weighted by molar-refractivity contribution is 5.77. The van der Waals surface area contributed by atoms with Gasteiger partial charge in [-0.15, -0.1) is 6.58 Å². The molecule has 0 atom stereocenters. The van der Waals surface area contributed by atoms with Crippen molar-refractivity contribution in [1.82, 2.24) is 23.1 Å². The van der Waals surface area contributed by atoms with Gasteiger partial charge < -0.3 is 4.74 Å². The number of aryl methyl sites for hydroxylation is 2. The van der Waals surface area contributed by atoms with Gasteiger partial charge in [-0.05, 0) is 45.0 Å². The van der Waals surface area contributed by atoms with Gasteiger partial charge in [-0.25, -0.2) is 4.79 Å². The average molecular weight is 393 g/mol. The highest BCUT2D eigenvalue weighted by Crippen LogP contribution is 2.25. The molecule has 0 saturated heterocycles. The monoisotopic (exact) mass is 393 g/mol. The molecule has 3 heterocycles. The first-order valence-corrected chi connectivity index (χ1v) is 9.44. The summed E-state index contributed by atoms with van der Waals surface area (Å²) < 4.78 is 11.9. The van der Waals surface area contributed by atoms with Crippen LogP contribution in [0.1, 0.15) is 18.3 Å². The molecule has 0 aliphatic rings. The Balaban J connectivity index is 2.08. The van der Waals surface area contributed by atoms with E-state index in [2.05, 4.69) is 11.6 Å². The maximum Gasteiger partial charge on any atom is 0.332 e. The zero-order chi connectivity index (χ0) is 20.9. The zero-order valence-corrected chi connectivity index (χ0v) is 17.0. The predicted octanol–water partition coefficient (Wildman–Crippen LogP) is 2.34. The smallest absolute Gasteiger partial charge is 0.332 e. The molecule has 1 aromatic carbocycles. The maximum atomic E-state index is 13.1. The van der Waals surface area contributed by atoms with Gasteiger partial charge in [0, 0.05) is 30.7 Å². The topological polar surface area (TPSA) is 75.5 Å². The SMILES string of the molecule is C=CCn1c(=O)c2c(nc3n(-c4ccc(OCC)cc4)c(C)c(C)n23)n(C)c1=O. The number of hydrogen-bond donors (Lipinski definition) is 0. The third kappa shape index (κ3) is 2.63. The van der Waals surface area contributed by atoms with Crippen molar-refractivity contribution < 1.29 is 4.74 Å². The van der Waals surface area contributed by atoms with Gasteiger partial charge in [-0.2, -0.15) is 4.98 Å². The Morgan fingerprint density at radius 3 is 2.45 bits per heavy atom. The predicted molar refractivity (Wildman–Crippen MR) is 112 cm³/mol. The summed E-state index contributed by atoms with van der Waals surface area (Å²) in [5.74, 6) is 1.37. The molecule has 3 aromatic heterocycles. The van der Waals surface area contributed by atoms with Crippen molar-refractivity contribution >= 4 is 16.9 Å². The second-order valence-corrected chi connectivity index (χ2v) is 6.90. The van der Waals surface area contributed by atoms with Crippen LogP contribution in [0.2, 0.25) is 0 Å². The van der Waals surface area contributed by atoms with E-state index in [9.17, 15) is 9.59 Å². The van der Waals surface area contributed by atoms with E-state index < -0.39 is 5.69 Å². The maximum absolute atomic E-state index is 13.1. The van der Waals surface area contributed by atoms with Crippen LogP contribution >= 0.6 is 0 Å². The van der Waals surface area contributed by atoms with Crippen molar-refractivity contribution in [2.24, 2.45) is 7.05 Å². The number of rotatable bonds is 5. The molecule has 0 unspecified atom stereocenters. The first-order chi connectivity index (χ1) is 13.9. The number of nitrogens with zero attached hydrogens (tertiary/aromatic N) is 5. The molecule has 4 aromatic rings. The van der Waals surface area contributed by atoms with Crippen LogP contribution in [-0.4, -0.2) is 29.7 Å². The molecule has 150 valence electrons. The van der Waals surface area contributed by atoms with Gasteiger partial charge >= 0.3 is 5.69 Å². The van der Waals surface area contributed by atoms with Crippen molar-refractivity contribution in [3.8, 4) is 11.4 Å². The van der Waals surface area contributed by atoms with Crippen molar-refractivity contribution in [3.63, 3.8) is 0 Å². The standard InChI is InChI=1S/C21H23N5O3/c1-6-12-24-19(27)17-18(23(5)21(24)28)22-20-25(13(3)14(4)26(17)20)15-8-10-16(11-9-15)29-7-2/h6,8-11H,1,7,12H2,2-5H3. The highest BCUT2D eigenvalue weighted by atomic mass is 16.5. The van der Waals surface area contributed by atoms with E-state index >= 15 is 0 Å². The van der Waals surface area contributed by atoms with Crippen LogP contribution in [0.3, 0.4) is 0 Å². The molecular weight excluding hydrogens is 370 g/mol. The van der Waals surface area contributed by atoms with E-state index in [1.54, 1.807) is 7.05 Å². The third-order valence-corrected chi connectivity index (χ3v) is 5.24. The van der Waals surface area contributed by atoms with E-state index in [1.165, 1.54) is 15.2 Å².